The molecule has 0 aromatic carbocycles. The highest BCUT2D eigenvalue weighted by Crippen LogP contribution is 2.30. The first-order valence-corrected chi connectivity index (χ1v) is 11.1. The Labute approximate surface area is 180 Å². The minimum absolute atomic E-state index is 0.115. The number of hydrogen-bond acceptors (Lipinski definition) is 9. The third-order valence-electron chi connectivity index (χ3n) is 4.81. The molecule has 30 heavy (non-hydrogen) atoms. The number of β-amino-alcohol motifs (C(OH)–C–C–N with tert-alkyl or cyclic N) is 1. The number of nitrogens with one attached hydrogen (secondary N) is 3. The van der Waals surface area contributed by atoms with Crippen molar-refractivity contribution in [3.8, 4) is 11.4 Å². The molecule has 8 nitrogen and oxygen atoms in total. The summed E-state index contributed by atoms with van der Waals surface area (Å²) in [7, 11) is 0. The van der Waals surface area contributed by atoms with E-state index in [9.17, 15) is 9.90 Å². The number of anilines is 2. The van der Waals surface area contributed by atoms with Crippen molar-refractivity contribution in [3.63, 3.8) is 0 Å². The summed E-state index contributed by atoms with van der Waals surface area (Å²) in [5.74, 6) is 1.45. The predicted octanol–water partition coefficient (Wildman–Crippen LogP) is 2.81. The summed E-state index contributed by atoms with van der Waals surface area (Å²) in [5, 5.41) is 23.3. The molecule has 0 spiro atoms. The Kier molecular flexibility index (Phi) is 5.13. The van der Waals surface area contributed by atoms with Gasteiger partial charge in [0.25, 0.3) is 5.91 Å². The molecule has 0 bridgehead atoms. The topological polar surface area (TPSA) is 112 Å². The lowest BCUT2D eigenvalue weighted by molar-refractivity contribution is 0.103. The highest BCUT2D eigenvalue weighted by Gasteiger charge is 2.26. The van der Waals surface area contributed by atoms with Gasteiger partial charge in [-0.2, -0.15) is 0 Å². The van der Waals surface area contributed by atoms with Crippen LogP contribution >= 0.6 is 22.7 Å². The van der Waals surface area contributed by atoms with Crippen molar-refractivity contribution in [1.82, 2.24) is 20.3 Å². The molecule has 10 heteroatoms. The Morgan fingerprint density at radius 3 is 2.90 bits per heavy atom. The number of aliphatic hydroxyl groups excluding tert-OH is 1. The molecular formula is C20H18N6O2S2. The van der Waals surface area contributed by atoms with Crippen LogP contribution in [0.1, 0.15) is 9.67 Å². The van der Waals surface area contributed by atoms with Crippen LogP contribution in [0.15, 0.2) is 47.3 Å². The van der Waals surface area contributed by atoms with Crippen molar-refractivity contribution in [2.24, 2.45) is 0 Å². The van der Waals surface area contributed by atoms with E-state index in [0.29, 0.717) is 35.4 Å². The molecule has 1 fully saturated rings. The van der Waals surface area contributed by atoms with Crippen LogP contribution < -0.4 is 16.0 Å². The quantitative estimate of drug-likeness (QED) is 0.379. The van der Waals surface area contributed by atoms with Gasteiger partial charge >= 0.3 is 0 Å². The average molecular weight is 439 g/mol. The minimum atomic E-state index is -0.474. The molecular weight excluding hydrogens is 420 g/mol. The molecule has 1 amide bonds. The standard InChI is InChI=1S/C20H18N6O2S2/c27-14-10-21-9-13(14)24-19-17-12(4-7-30-17)23-18(26-19)11-3-5-22-16(8-11)25-20(28)15-2-1-6-29-15/h1-8,13-14,21,27H,9-10H2,(H,22,25,28)(H,23,24,26)/t13-,14-/m0/s1. The zero-order chi connectivity index (χ0) is 20.5. The first kappa shape index (κ1) is 19.1. The first-order valence-electron chi connectivity index (χ1n) is 9.39. The van der Waals surface area contributed by atoms with Crippen LogP contribution in [0.5, 0.6) is 0 Å². The lowest BCUT2D eigenvalue weighted by Crippen LogP contribution is -2.32. The molecule has 5 heterocycles. The van der Waals surface area contributed by atoms with Gasteiger partial charge in [-0.3, -0.25) is 4.79 Å². The summed E-state index contributed by atoms with van der Waals surface area (Å²) >= 11 is 2.93. The van der Waals surface area contributed by atoms with Gasteiger partial charge in [0.05, 0.1) is 27.2 Å². The molecule has 0 unspecified atom stereocenters. The zero-order valence-corrected chi connectivity index (χ0v) is 17.3. The van der Waals surface area contributed by atoms with E-state index in [2.05, 4.69) is 25.9 Å². The normalized spacial score (nSPS) is 18.6. The maximum Gasteiger partial charge on any atom is 0.266 e. The van der Waals surface area contributed by atoms with Crippen LogP contribution in [0.25, 0.3) is 21.6 Å². The fourth-order valence-corrected chi connectivity index (χ4v) is 4.70. The number of amides is 1. The van der Waals surface area contributed by atoms with Gasteiger partial charge in [-0.25, -0.2) is 15.0 Å². The Balaban J connectivity index is 1.46. The van der Waals surface area contributed by atoms with E-state index in [-0.39, 0.29) is 11.9 Å². The SMILES string of the molecule is O=C(Nc1cc(-c2nc(N[C@H]3CNC[C@@H]3O)c3sccc3n2)ccn1)c1cccs1. The van der Waals surface area contributed by atoms with Crippen molar-refractivity contribution in [2.75, 3.05) is 23.7 Å². The van der Waals surface area contributed by atoms with Gasteiger partial charge in [-0.05, 0) is 35.0 Å². The Morgan fingerprint density at radius 2 is 2.10 bits per heavy atom. The monoisotopic (exact) mass is 438 g/mol. The number of aliphatic hydroxyl groups is 1. The maximum absolute atomic E-state index is 12.3. The third-order valence-corrected chi connectivity index (χ3v) is 6.59. The fourth-order valence-electron chi connectivity index (χ4n) is 3.30. The van der Waals surface area contributed by atoms with Crippen LogP contribution in [0.3, 0.4) is 0 Å². The lowest BCUT2D eigenvalue weighted by atomic mass is 10.2. The van der Waals surface area contributed by atoms with Crippen molar-refractivity contribution in [1.29, 1.82) is 0 Å². The number of nitrogens with zero attached hydrogens (tertiary/aromatic N) is 3. The number of carbonyl (C=O) groups excluding carboxylic acids is 1. The summed E-state index contributed by atoms with van der Waals surface area (Å²) in [6.07, 6.45) is 1.15. The Bertz CT molecular complexity index is 1190. The second-order valence-corrected chi connectivity index (χ2v) is 8.73. The van der Waals surface area contributed by atoms with Gasteiger partial charge in [0.15, 0.2) is 5.82 Å². The number of pyridine rings is 1. The fraction of sp³-hybridized carbons (Fsp3) is 0.200. The van der Waals surface area contributed by atoms with E-state index < -0.39 is 6.10 Å². The van der Waals surface area contributed by atoms with E-state index in [1.54, 1.807) is 29.7 Å². The summed E-state index contributed by atoms with van der Waals surface area (Å²) in [6.45, 7) is 1.22. The summed E-state index contributed by atoms with van der Waals surface area (Å²) in [6, 6.07) is 9.00. The molecule has 0 radical (unpaired) electrons. The first-order chi connectivity index (χ1) is 14.7. The van der Waals surface area contributed by atoms with Gasteiger partial charge < -0.3 is 21.1 Å². The van der Waals surface area contributed by atoms with Gasteiger partial charge in [0, 0.05) is 24.8 Å². The minimum Gasteiger partial charge on any atom is -0.390 e. The van der Waals surface area contributed by atoms with Crippen molar-refractivity contribution < 1.29 is 9.90 Å². The number of hydrogen-bond donors (Lipinski definition) is 4. The summed E-state index contributed by atoms with van der Waals surface area (Å²) in [5.41, 5.74) is 1.57. The van der Waals surface area contributed by atoms with Crippen LogP contribution in [0.2, 0.25) is 0 Å². The number of thiophene rings is 2. The van der Waals surface area contributed by atoms with E-state index in [1.165, 1.54) is 11.3 Å². The second kappa shape index (κ2) is 8.07. The van der Waals surface area contributed by atoms with Gasteiger partial charge in [0.2, 0.25) is 0 Å². The molecule has 1 aliphatic heterocycles. The molecule has 4 aromatic rings. The largest absolute Gasteiger partial charge is 0.390 e. The van der Waals surface area contributed by atoms with Gasteiger partial charge in [0.1, 0.15) is 11.6 Å². The molecule has 152 valence electrons. The summed E-state index contributed by atoms with van der Waals surface area (Å²) in [4.78, 5) is 26.6. The maximum atomic E-state index is 12.3. The number of aromatic nitrogens is 3. The van der Waals surface area contributed by atoms with E-state index >= 15 is 0 Å². The highest BCUT2D eigenvalue weighted by atomic mass is 32.1. The van der Waals surface area contributed by atoms with Crippen LogP contribution in [0, 0.1) is 0 Å². The lowest BCUT2D eigenvalue weighted by Gasteiger charge is -2.17. The van der Waals surface area contributed by atoms with Crippen LogP contribution in [-0.2, 0) is 0 Å². The van der Waals surface area contributed by atoms with Crippen molar-refractivity contribution in [2.45, 2.75) is 12.1 Å². The molecule has 4 N–H and O–H groups in total. The number of fused-ring (bicyclic) bond motifs is 1. The smallest absolute Gasteiger partial charge is 0.266 e. The van der Waals surface area contributed by atoms with Gasteiger partial charge in [-0.15, -0.1) is 22.7 Å². The molecule has 0 aliphatic carbocycles. The van der Waals surface area contributed by atoms with Crippen molar-refractivity contribution >= 4 is 50.4 Å². The van der Waals surface area contributed by atoms with Crippen molar-refractivity contribution in [3.05, 3.63) is 52.2 Å². The van der Waals surface area contributed by atoms with E-state index in [4.69, 9.17) is 4.98 Å². The number of carbonyl (C=O) groups is 1. The average Bonchev–Trinajstić information content (AvgIpc) is 3.51. The summed E-state index contributed by atoms with van der Waals surface area (Å²) < 4.78 is 0.943. The van der Waals surface area contributed by atoms with E-state index in [1.807, 2.05) is 29.0 Å². The predicted molar refractivity (Wildman–Crippen MR) is 119 cm³/mol. The highest BCUT2D eigenvalue weighted by molar-refractivity contribution is 7.17. The molecule has 1 saturated heterocycles. The molecule has 1 aliphatic rings. The van der Waals surface area contributed by atoms with E-state index in [0.717, 1.165) is 15.8 Å². The third kappa shape index (κ3) is 3.77. The van der Waals surface area contributed by atoms with Crippen LogP contribution in [0.4, 0.5) is 11.6 Å². The molecule has 2 atom stereocenters. The second-order valence-electron chi connectivity index (χ2n) is 6.87. The van der Waals surface area contributed by atoms with Gasteiger partial charge in [-0.1, -0.05) is 6.07 Å². The van der Waals surface area contributed by atoms with Crippen LogP contribution in [-0.4, -0.2) is 51.2 Å². The number of rotatable bonds is 5. The molecule has 0 saturated carbocycles. The Morgan fingerprint density at radius 1 is 1.17 bits per heavy atom. The Hall–Kier alpha value is -2.92. The zero-order valence-electron chi connectivity index (χ0n) is 15.7. The molecule has 5 rings (SSSR count). The molecule has 4 aromatic heterocycles.